The van der Waals surface area contributed by atoms with E-state index in [1.807, 2.05) is 32.0 Å². The molecule has 1 aliphatic rings. The van der Waals surface area contributed by atoms with E-state index in [2.05, 4.69) is 5.10 Å². The molecule has 0 saturated carbocycles. The number of halogens is 3. The third-order valence-electron chi connectivity index (χ3n) is 4.22. The van der Waals surface area contributed by atoms with Gasteiger partial charge in [0.25, 0.3) is 5.72 Å². The van der Waals surface area contributed by atoms with Crippen molar-refractivity contribution in [1.29, 1.82) is 0 Å². The number of carbonyl (C=O) groups is 1. The third kappa shape index (κ3) is 3.75. The Morgan fingerprint density at radius 1 is 1.25 bits per heavy atom. The summed E-state index contributed by atoms with van der Waals surface area (Å²) in [5.74, 6) is -0.708. The minimum absolute atomic E-state index is 0.0119. The van der Waals surface area contributed by atoms with Crippen LogP contribution in [0.3, 0.4) is 0 Å². The predicted molar refractivity (Wildman–Crippen MR) is 93.9 cm³/mol. The van der Waals surface area contributed by atoms with E-state index in [1.165, 1.54) is 19.1 Å². The summed E-state index contributed by atoms with van der Waals surface area (Å²) >= 11 is 0. The van der Waals surface area contributed by atoms with Crippen LogP contribution in [-0.4, -0.2) is 33.6 Å². The fraction of sp³-hybridized carbons (Fsp3) is 0.368. The summed E-state index contributed by atoms with van der Waals surface area (Å²) in [6.07, 6.45) is -5.88. The number of furan rings is 1. The summed E-state index contributed by atoms with van der Waals surface area (Å²) in [5.41, 5.74) is -1.38. The topological polar surface area (TPSA) is 75.3 Å². The van der Waals surface area contributed by atoms with E-state index in [1.54, 1.807) is 0 Å². The number of benzene rings is 1. The van der Waals surface area contributed by atoms with Gasteiger partial charge >= 0.3 is 12.1 Å². The van der Waals surface area contributed by atoms with Gasteiger partial charge < -0.3 is 14.3 Å². The predicted octanol–water partition coefficient (Wildman–Crippen LogP) is 3.95. The van der Waals surface area contributed by atoms with E-state index in [9.17, 15) is 23.1 Å². The number of hydrogen-bond acceptors (Lipinski definition) is 5. The van der Waals surface area contributed by atoms with Gasteiger partial charge in [-0.3, -0.25) is 4.79 Å². The second kappa shape index (κ2) is 6.97. The quantitative estimate of drug-likeness (QED) is 0.849. The molecule has 0 unspecified atom stereocenters. The lowest BCUT2D eigenvalue weighted by Gasteiger charge is -2.32. The summed E-state index contributed by atoms with van der Waals surface area (Å²) in [6, 6.07) is 8.29. The minimum atomic E-state index is -5.06. The molecule has 1 aliphatic heterocycles. The average molecular weight is 396 g/mol. The maximum absolute atomic E-state index is 13.3. The normalized spacial score (nSPS) is 19.7. The largest absolute Gasteiger partial charge is 0.486 e. The first-order valence-corrected chi connectivity index (χ1v) is 8.47. The highest BCUT2D eigenvalue weighted by Gasteiger charge is 2.63. The van der Waals surface area contributed by atoms with Crippen LogP contribution in [0.4, 0.5) is 13.2 Å². The SMILES string of the molecule is CC1=NN(C(=O)c2ccc(COc3cc(C)cc(C)c3)o2)[C@@](O)(C(F)(F)F)C1. The second-order valence-corrected chi connectivity index (χ2v) is 6.82. The molecule has 3 rings (SSSR count). The highest BCUT2D eigenvalue weighted by atomic mass is 19.4. The fourth-order valence-corrected chi connectivity index (χ4v) is 3.00. The van der Waals surface area contributed by atoms with Crippen molar-refractivity contribution in [3.63, 3.8) is 0 Å². The molecular formula is C19H19F3N2O4. The molecule has 0 fully saturated rings. The van der Waals surface area contributed by atoms with Crippen LogP contribution < -0.4 is 4.74 Å². The molecular weight excluding hydrogens is 377 g/mol. The van der Waals surface area contributed by atoms with E-state index in [0.717, 1.165) is 11.1 Å². The van der Waals surface area contributed by atoms with Crippen molar-refractivity contribution in [2.75, 3.05) is 0 Å². The van der Waals surface area contributed by atoms with Gasteiger partial charge in [-0.2, -0.15) is 23.3 Å². The van der Waals surface area contributed by atoms with Gasteiger partial charge in [0.15, 0.2) is 5.76 Å². The van der Waals surface area contributed by atoms with Gasteiger partial charge in [0, 0.05) is 12.1 Å². The van der Waals surface area contributed by atoms with Gasteiger partial charge in [0.2, 0.25) is 0 Å². The maximum atomic E-state index is 13.3. The number of rotatable bonds is 4. The van der Waals surface area contributed by atoms with E-state index in [4.69, 9.17) is 9.15 Å². The molecule has 28 heavy (non-hydrogen) atoms. The minimum Gasteiger partial charge on any atom is -0.486 e. The highest BCUT2D eigenvalue weighted by Crippen LogP contribution is 2.41. The lowest BCUT2D eigenvalue weighted by Crippen LogP contribution is -2.56. The zero-order chi connectivity index (χ0) is 20.7. The first-order valence-electron chi connectivity index (χ1n) is 8.47. The number of ether oxygens (including phenoxy) is 1. The first kappa shape index (κ1) is 19.9. The molecule has 6 nitrogen and oxygen atoms in total. The molecule has 0 spiro atoms. The number of hydrogen-bond donors (Lipinski definition) is 1. The van der Waals surface area contributed by atoms with Crippen LogP contribution in [0.25, 0.3) is 0 Å². The summed E-state index contributed by atoms with van der Waals surface area (Å²) < 4.78 is 50.7. The molecule has 2 aromatic rings. The Bertz CT molecular complexity index is 915. The van der Waals surface area contributed by atoms with Crippen molar-refractivity contribution in [1.82, 2.24) is 5.01 Å². The van der Waals surface area contributed by atoms with Crippen molar-refractivity contribution in [3.05, 3.63) is 53.0 Å². The Hall–Kier alpha value is -2.81. The van der Waals surface area contributed by atoms with Crippen LogP contribution in [0.2, 0.25) is 0 Å². The van der Waals surface area contributed by atoms with Crippen molar-refractivity contribution in [2.45, 2.75) is 45.7 Å². The van der Waals surface area contributed by atoms with Crippen LogP contribution in [0, 0.1) is 13.8 Å². The first-order chi connectivity index (χ1) is 13.0. The van der Waals surface area contributed by atoms with Gasteiger partial charge in [0.1, 0.15) is 18.1 Å². The zero-order valence-electron chi connectivity index (χ0n) is 15.5. The molecule has 150 valence electrons. The van der Waals surface area contributed by atoms with E-state index in [-0.39, 0.29) is 28.8 Å². The van der Waals surface area contributed by atoms with E-state index >= 15 is 0 Å². The van der Waals surface area contributed by atoms with Crippen LogP contribution >= 0.6 is 0 Å². The lowest BCUT2D eigenvalue weighted by molar-refractivity contribution is -0.297. The summed E-state index contributed by atoms with van der Waals surface area (Å²) in [4.78, 5) is 12.5. The van der Waals surface area contributed by atoms with Gasteiger partial charge in [-0.15, -0.1) is 0 Å². The van der Waals surface area contributed by atoms with Gasteiger partial charge in [-0.05, 0) is 56.2 Å². The lowest BCUT2D eigenvalue weighted by atomic mass is 10.1. The third-order valence-corrected chi connectivity index (χ3v) is 4.22. The van der Waals surface area contributed by atoms with Crippen molar-refractivity contribution < 1.29 is 32.2 Å². The Kier molecular flexibility index (Phi) is 4.97. The number of nitrogens with zero attached hydrogens (tertiary/aromatic N) is 2. The van der Waals surface area contributed by atoms with Gasteiger partial charge in [-0.25, -0.2) is 0 Å². The number of amides is 1. The van der Waals surface area contributed by atoms with E-state index < -0.39 is 24.2 Å². The molecule has 0 aliphatic carbocycles. The molecule has 0 radical (unpaired) electrons. The smallest absolute Gasteiger partial charge is 0.438 e. The maximum Gasteiger partial charge on any atom is 0.438 e. The van der Waals surface area contributed by atoms with Gasteiger partial charge in [0.05, 0.1) is 0 Å². The van der Waals surface area contributed by atoms with E-state index in [0.29, 0.717) is 5.75 Å². The molecule has 0 bridgehead atoms. The second-order valence-electron chi connectivity index (χ2n) is 6.82. The fourth-order valence-electron chi connectivity index (χ4n) is 3.00. The number of aliphatic hydroxyl groups is 1. The van der Waals surface area contributed by atoms with Crippen molar-refractivity contribution >= 4 is 11.6 Å². The number of hydrazone groups is 1. The van der Waals surface area contributed by atoms with Crippen molar-refractivity contribution in [2.24, 2.45) is 5.10 Å². The number of aryl methyl sites for hydroxylation is 2. The molecule has 9 heteroatoms. The summed E-state index contributed by atoms with van der Waals surface area (Å²) in [5, 5.41) is 13.6. The zero-order valence-corrected chi connectivity index (χ0v) is 15.5. The number of carbonyl (C=O) groups excluding carboxylic acids is 1. The highest BCUT2D eigenvalue weighted by molar-refractivity contribution is 5.96. The van der Waals surface area contributed by atoms with Gasteiger partial charge in [-0.1, -0.05) is 6.07 Å². The standard InChI is InChI=1S/C19H19F3N2O4/c1-11-6-12(2)8-15(7-11)27-10-14-4-5-16(28-14)17(25)24-18(26,19(20,21)22)9-13(3)23-24/h4-8,26H,9-10H2,1-3H3/t18-/m0/s1. The molecule has 1 aromatic carbocycles. The molecule has 0 saturated heterocycles. The molecule has 1 N–H and O–H groups in total. The average Bonchev–Trinajstić information content (AvgIpc) is 3.16. The summed E-state index contributed by atoms with van der Waals surface area (Å²) in [7, 11) is 0. The van der Waals surface area contributed by atoms with Crippen LogP contribution in [-0.2, 0) is 6.61 Å². The number of alkyl halides is 3. The van der Waals surface area contributed by atoms with Crippen LogP contribution in [0.15, 0.2) is 39.9 Å². The molecule has 1 atom stereocenters. The molecule has 1 aromatic heterocycles. The monoisotopic (exact) mass is 396 g/mol. The molecule has 1 amide bonds. The van der Waals surface area contributed by atoms with Crippen LogP contribution in [0.5, 0.6) is 5.75 Å². The van der Waals surface area contributed by atoms with Crippen LogP contribution in [0.1, 0.15) is 40.8 Å². The Morgan fingerprint density at radius 2 is 1.89 bits per heavy atom. The Morgan fingerprint density at radius 3 is 2.50 bits per heavy atom. The molecule has 2 heterocycles. The Labute approximate surface area is 159 Å². The Balaban J connectivity index is 1.75. The summed E-state index contributed by atoms with van der Waals surface area (Å²) in [6.45, 7) is 5.13. The van der Waals surface area contributed by atoms with Crippen molar-refractivity contribution in [3.8, 4) is 5.75 Å².